The van der Waals surface area contributed by atoms with Gasteiger partial charge in [0.1, 0.15) is 5.75 Å². The molecule has 0 saturated heterocycles. The summed E-state index contributed by atoms with van der Waals surface area (Å²) in [6.07, 6.45) is 3.99. The zero-order valence-electron chi connectivity index (χ0n) is 12.5. The average Bonchev–Trinajstić information content (AvgIpc) is 2.55. The van der Waals surface area contributed by atoms with Crippen LogP contribution in [0.1, 0.15) is 18.2 Å². The lowest BCUT2D eigenvalue weighted by atomic mass is 10.1. The molecule has 0 unspecified atom stereocenters. The second kappa shape index (κ2) is 6.31. The van der Waals surface area contributed by atoms with Crippen molar-refractivity contribution in [1.29, 1.82) is 0 Å². The molecule has 2 N–H and O–H groups in total. The van der Waals surface area contributed by atoms with Crippen molar-refractivity contribution in [2.24, 2.45) is 0 Å². The van der Waals surface area contributed by atoms with Gasteiger partial charge in [0.15, 0.2) is 0 Å². The molecule has 0 spiro atoms. The Bertz CT molecular complexity index is 825. The number of nitrogens with zero attached hydrogens (tertiary/aromatic N) is 1. The standard InChI is InChI=1S/C19H18N2O/c1-2-22-19-12-8-14(13-17(19)20)7-10-16-11-9-15-5-3-4-6-18(15)21-16/h3-13H,2,20H2,1H3. The maximum atomic E-state index is 5.98. The number of ether oxygens (including phenoxy) is 1. The first-order chi connectivity index (χ1) is 10.8. The van der Waals surface area contributed by atoms with Crippen LogP contribution in [0.25, 0.3) is 23.1 Å². The van der Waals surface area contributed by atoms with Crippen LogP contribution in [0.4, 0.5) is 5.69 Å². The number of rotatable bonds is 4. The minimum atomic E-state index is 0.612. The van der Waals surface area contributed by atoms with Gasteiger partial charge >= 0.3 is 0 Å². The number of nitrogen functional groups attached to an aromatic ring is 1. The molecule has 3 heteroatoms. The highest BCUT2D eigenvalue weighted by Crippen LogP contribution is 2.23. The molecule has 3 nitrogen and oxygen atoms in total. The molecule has 0 amide bonds. The Balaban J connectivity index is 1.84. The molecule has 2 aromatic carbocycles. The average molecular weight is 290 g/mol. The summed E-state index contributed by atoms with van der Waals surface area (Å²) < 4.78 is 5.44. The Morgan fingerprint density at radius 2 is 1.91 bits per heavy atom. The summed E-state index contributed by atoms with van der Waals surface area (Å²) in [5.41, 5.74) is 9.57. The van der Waals surface area contributed by atoms with Crippen LogP contribution in [0.5, 0.6) is 5.75 Å². The molecule has 3 aromatic rings. The number of hydrogen-bond acceptors (Lipinski definition) is 3. The first-order valence-corrected chi connectivity index (χ1v) is 7.32. The molecule has 0 radical (unpaired) electrons. The van der Waals surface area contributed by atoms with E-state index in [0.29, 0.717) is 12.3 Å². The normalized spacial score (nSPS) is 11.1. The fraction of sp³-hybridized carbons (Fsp3) is 0.105. The number of para-hydroxylation sites is 1. The molecule has 0 saturated carbocycles. The van der Waals surface area contributed by atoms with Gasteiger partial charge < -0.3 is 10.5 Å². The number of hydrogen-bond donors (Lipinski definition) is 1. The SMILES string of the molecule is CCOc1ccc(C=Cc2ccc3ccccc3n2)cc1N. The molecule has 0 fully saturated rings. The fourth-order valence-corrected chi connectivity index (χ4v) is 2.31. The van der Waals surface area contributed by atoms with Gasteiger partial charge in [-0.3, -0.25) is 0 Å². The third-order valence-corrected chi connectivity index (χ3v) is 3.40. The molecule has 0 atom stereocenters. The van der Waals surface area contributed by atoms with Crippen molar-refractivity contribution >= 4 is 28.7 Å². The number of anilines is 1. The highest BCUT2D eigenvalue weighted by molar-refractivity contribution is 5.81. The molecule has 0 bridgehead atoms. The zero-order chi connectivity index (χ0) is 15.4. The summed E-state index contributed by atoms with van der Waals surface area (Å²) in [5.74, 6) is 0.725. The Kier molecular flexibility index (Phi) is 4.05. The van der Waals surface area contributed by atoms with Crippen LogP contribution >= 0.6 is 0 Å². The monoisotopic (exact) mass is 290 g/mol. The first-order valence-electron chi connectivity index (χ1n) is 7.32. The maximum absolute atomic E-state index is 5.98. The van der Waals surface area contributed by atoms with E-state index in [0.717, 1.165) is 27.9 Å². The Hall–Kier alpha value is -2.81. The quantitative estimate of drug-likeness (QED) is 0.725. The highest BCUT2D eigenvalue weighted by atomic mass is 16.5. The van der Waals surface area contributed by atoms with E-state index in [2.05, 4.69) is 17.1 Å². The van der Waals surface area contributed by atoms with Gasteiger partial charge in [-0.05, 0) is 42.8 Å². The molecular formula is C19H18N2O. The lowest BCUT2D eigenvalue weighted by Crippen LogP contribution is -1.96. The number of benzene rings is 2. The van der Waals surface area contributed by atoms with E-state index in [1.165, 1.54) is 0 Å². The largest absolute Gasteiger partial charge is 0.492 e. The fourth-order valence-electron chi connectivity index (χ4n) is 2.31. The van der Waals surface area contributed by atoms with Crippen LogP contribution < -0.4 is 10.5 Å². The summed E-state index contributed by atoms with van der Waals surface area (Å²) in [6, 6.07) is 18.0. The zero-order valence-corrected chi connectivity index (χ0v) is 12.5. The van der Waals surface area contributed by atoms with Gasteiger partial charge in [-0.15, -0.1) is 0 Å². The highest BCUT2D eigenvalue weighted by Gasteiger charge is 2.00. The third kappa shape index (κ3) is 3.09. The van der Waals surface area contributed by atoms with Crippen LogP contribution in [0.2, 0.25) is 0 Å². The summed E-state index contributed by atoms with van der Waals surface area (Å²) >= 11 is 0. The van der Waals surface area contributed by atoms with Crippen molar-refractivity contribution in [1.82, 2.24) is 4.98 Å². The van der Waals surface area contributed by atoms with Crippen LogP contribution in [-0.2, 0) is 0 Å². The number of fused-ring (bicyclic) bond motifs is 1. The summed E-state index contributed by atoms with van der Waals surface area (Å²) in [4.78, 5) is 4.62. The lowest BCUT2D eigenvalue weighted by Gasteiger charge is -2.06. The third-order valence-electron chi connectivity index (χ3n) is 3.40. The Labute approximate surface area is 130 Å². The molecule has 1 aromatic heterocycles. The van der Waals surface area contributed by atoms with Crippen LogP contribution in [0.3, 0.4) is 0 Å². The van der Waals surface area contributed by atoms with Gasteiger partial charge in [0.05, 0.1) is 23.5 Å². The molecule has 22 heavy (non-hydrogen) atoms. The maximum Gasteiger partial charge on any atom is 0.142 e. The molecular weight excluding hydrogens is 272 g/mol. The lowest BCUT2D eigenvalue weighted by molar-refractivity contribution is 0.342. The van der Waals surface area contributed by atoms with Gasteiger partial charge in [0.2, 0.25) is 0 Å². The second-order valence-corrected chi connectivity index (χ2v) is 4.99. The molecule has 1 heterocycles. The molecule has 110 valence electrons. The summed E-state index contributed by atoms with van der Waals surface area (Å²) in [7, 11) is 0. The van der Waals surface area contributed by atoms with Crippen LogP contribution in [0.15, 0.2) is 54.6 Å². The van der Waals surface area contributed by atoms with E-state index in [1.54, 1.807) is 0 Å². The van der Waals surface area contributed by atoms with E-state index < -0.39 is 0 Å². The topological polar surface area (TPSA) is 48.1 Å². The summed E-state index contributed by atoms with van der Waals surface area (Å²) in [5, 5.41) is 1.14. The van der Waals surface area contributed by atoms with Gasteiger partial charge in [0.25, 0.3) is 0 Å². The summed E-state index contributed by atoms with van der Waals surface area (Å²) in [6.45, 7) is 2.55. The molecule has 0 aliphatic heterocycles. The predicted octanol–water partition coefficient (Wildman–Crippen LogP) is 4.39. The van der Waals surface area contributed by atoms with E-state index in [1.807, 2.05) is 61.5 Å². The van der Waals surface area contributed by atoms with Crippen molar-refractivity contribution in [3.05, 3.63) is 65.9 Å². The van der Waals surface area contributed by atoms with Crippen molar-refractivity contribution in [2.45, 2.75) is 6.92 Å². The first kappa shape index (κ1) is 14.1. The van der Waals surface area contributed by atoms with Gasteiger partial charge in [0, 0.05) is 5.39 Å². The van der Waals surface area contributed by atoms with Crippen molar-refractivity contribution in [3.8, 4) is 5.75 Å². The smallest absolute Gasteiger partial charge is 0.142 e. The predicted molar refractivity (Wildman–Crippen MR) is 92.7 cm³/mol. The minimum absolute atomic E-state index is 0.612. The van der Waals surface area contributed by atoms with Crippen LogP contribution in [0, 0.1) is 0 Å². The van der Waals surface area contributed by atoms with Gasteiger partial charge in [-0.25, -0.2) is 4.98 Å². The number of pyridine rings is 1. The van der Waals surface area contributed by atoms with Crippen LogP contribution in [-0.4, -0.2) is 11.6 Å². The van der Waals surface area contributed by atoms with E-state index in [-0.39, 0.29) is 0 Å². The Morgan fingerprint density at radius 3 is 2.73 bits per heavy atom. The van der Waals surface area contributed by atoms with Crippen molar-refractivity contribution < 1.29 is 4.74 Å². The van der Waals surface area contributed by atoms with E-state index >= 15 is 0 Å². The minimum Gasteiger partial charge on any atom is -0.492 e. The molecule has 3 rings (SSSR count). The van der Waals surface area contributed by atoms with Crippen molar-refractivity contribution in [3.63, 3.8) is 0 Å². The molecule has 0 aliphatic carbocycles. The Morgan fingerprint density at radius 1 is 1.05 bits per heavy atom. The van der Waals surface area contributed by atoms with E-state index in [4.69, 9.17) is 10.5 Å². The van der Waals surface area contributed by atoms with Gasteiger partial charge in [-0.1, -0.05) is 36.4 Å². The number of nitrogens with two attached hydrogens (primary N) is 1. The second-order valence-electron chi connectivity index (χ2n) is 4.99. The molecule has 0 aliphatic rings. The van der Waals surface area contributed by atoms with E-state index in [9.17, 15) is 0 Å². The van der Waals surface area contributed by atoms with Gasteiger partial charge in [-0.2, -0.15) is 0 Å². The van der Waals surface area contributed by atoms with Crippen molar-refractivity contribution in [2.75, 3.05) is 12.3 Å². The number of aromatic nitrogens is 1.